The lowest BCUT2D eigenvalue weighted by Crippen LogP contribution is -2.48. The van der Waals surface area contributed by atoms with Crippen molar-refractivity contribution in [2.75, 3.05) is 18.5 Å². The molecule has 2 aromatic heterocycles. The van der Waals surface area contributed by atoms with Gasteiger partial charge in [0.25, 0.3) is 5.91 Å². The molecule has 1 atom stereocenters. The molecule has 1 unspecified atom stereocenters. The van der Waals surface area contributed by atoms with Crippen molar-refractivity contribution in [3.63, 3.8) is 0 Å². The molecule has 2 aromatic carbocycles. The fourth-order valence-corrected chi connectivity index (χ4v) is 5.15. The quantitative estimate of drug-likeness (QED) is 0.443. The van der Waals surface area contributed by atoms with Gasteiger partial charge in [0.15, 0.2) is 10.5 Å². The maximum absolute atomic E-state index is 13.3. The zero-order valence-corrected chi connectivity index (χ0v) is 18.7. The third kappa shape index (κ3) is 3.22. The van der Waals surface area contributed by atoms with Gasteiger partial charge in [0.1, 0.15) is 12.3 Å². The molecule has 0 bridgehead atoms. The zero-order chi connectivity index (χ0) is 23.3. The molecule has 10 heteroatoms. The highest BCUT2D eigenvalue weighted by Crippen LogP contribution is 2.40. The zero-order valence-electron chi connectivity index (χ0n) is 17.9. The lowest BCUT2D eigenvalue weighted by Gasteiger charge is -2.33. The Balaban J connectivity index is 1.16. The van der Waals surface area contributed by atoms with Gasteiger partial charge in [0, 0.05) is 41.0 Å². The number of aromatic nitrogens is 2. The Labute approximate surface area is 198 Å². The Kier molecular flexibility index (Phi) is 4.63. The van der Waals surface area contributed by atoms with Crippen molar-refractivity contribution in [3.8, 4) is 17.0 Å². The van der Waals surface area contributed by atoms with E-state index in [1.165, 1.54) is 0 Å². The first-order valence-corrected chi connectivity index (χ1v) is 11.6. The highest BCUT2D eigenvalue weighted by Gasteiger charge is 2.55. The van der Waals surface area contributed by atoms with Crippen LogP contribution in [0, 0.1) is 0 Å². The van der Waals surface area contributed by atoms with Crippen molar-refractivity contribution in [1.82, 2.24) is 19.6 Å². The summed E-state index contributed by atoms with van der Waals surface area (Å²) in [6, 6.07) is 13.8. The van der Waals surface area contributed by atoms with E-state index in [0.29, 0.717) is 30.0 Å². The normalized spacial score (nSPS) is 19.2. The molecule has 9 nitrogen and oxygen atoms in total. The maximum atomic E-state index is 13.3. The summed E-state index contributed by atoms with van der Waals surface area (Å²) in [5.74, 6) is -0.346. The van der Waals surface area contributed by atoms with Crippen LogP contribution >= 0.6 is 11.3 Å². The fourth-order valence-electron chi connectivity index (χ4n) is 4.45. The van der Waals surface area contributed by atoms with E-state index in [-0.39, 0.29) is 6.54 Å². The molecule has 1 saturated heterocycles. The fraction of sp³-hybridized carbons (Fsp3) is 0.167. The van der Waals surface area contributed by atoms with Crippen LogP contribution in [-0.2, 0) is 15.1 Å². The predicted octanol–water partition coefficient (Wildman–Crippen LogP) is 3.23. The summed E-state index contributed by atoms with van der Waals surface area (Å²) in [4.78, 5) is 45.1. The van der Waals surface area contributed by atoms with E-state index in [2.05, 4.69) is 15.6 Å². The van der Waals surface area contributed by atoms with E-state index in [1.54, 1.807) is 41.7 Å². The second-order valence-corrected chi connectivity index (χ2v) is 9.04. The Hall–Kier alpha value is -4.18. The number of amides is 4. The number of anilines is 1. The molecule has 1 spiro atoms. The number of fused-ring (bicyclic) bond motifs is 3. The monoisotopic (exact) mass is 473 g/mol. The number of ether oxygens (including phenoxy) is 1. The lowest BCUT2D eigenvalue weighted by molar-refractivity contribution is -0.135. The van der Waals surface area contributed by atoms with Crippen molar-refractivity contribution < 1.29 is 19.1 Å². The molecule has 4 amide bonds. The van der Waals surface area contributed by atoms with Gasteiger partial charge in [-0.05, 0) is 18.2 Å². The van der Waals surface area contributed by atoms with Crippen molar-refractivity contribution in [1.29, 1.82) is 0 Å². The summed E-state index contributed by atoms with van der Waals surface area (Å²) in [6.45, 7) is -0.0847. The molecule has 2 aliphatic rings. The largest absolute Gasteiger partial charge is 0.493 e. The van der Waals surface area contributed by atoms with Gasteiger partial charge >= 0.3 is 6.03 Å². The van der Waals surface area contributed by atoms with Crippen LogP contribution < -0.4 is 15.4 Å². The topological polar surface area (TPSA) is 105 Å². The van der Waals surface area contributed by atoms with Crippen molar-refractivity contribution in [3.05, 3.63) is 71.9 Å². The minimum Gasteiger partial charge on any atom is -0.493 e. The smallest absolute Gasteiger partial charge is 0.325 e. The Morgan fingerprint density at radius 2 is 2.00 bits per heavy atom. The van der Waals surface area contributed by atoms with Gasteiger partial charge in [-0.3, -0.25) is 18.9 Å². The molecular formula is C24H19N5O4S. The number of imidazole rings is 1. The highest BCUT2D eigenvalue weighted by molar-refractivity contribution is 7.15. The minimum absolute atomic E-state index is 0.296. The van der Waals surface area contributed by atoms with E-state index in [9.17, 15) is 14.4 Å². The number of para-hydroxylation sites is 1. The van der Waals surface area contributed by atoms with Crippen LogP contribution in [0.15, 0.2) is 66.3 Å². The molecule has 0 saturated carbocycles. The molecule has 1 fully saturated rings. The summed E-state index contributed by atoms with van der Waals surface area (Å²) in [5.41, 5.74) is 1.73. The number of urea groups is 1. The number of imide groups is 1. The second kappa shape index (κ2) is 7.70. The van der Waals surface area contributed by atoms with Gasteiger partial charge < -0.3 is 15.4 Å². The van der Waals surface area contributed by atoms with E-state index in [4.69, 9.17) is 4.74 Å². The number of carbonyl (C=O) groups excluding carboxylic acids is 3. The SMILES string of the molecule is O=C(CN1C(=O)NC2(CCOc3ccccc32)C1=O)Nc1ccc(-c2cn3ccsc3n2)cc1. The molecule has 6 rings (SSSR count). The Morgan fingerprint density at radius 3 is 2.82 bits per heavy atom. The summed E-state index contributed by atoms with van der Waals surface area (Å²) in [5, 5.41) is 7.53. The number of nitrogens with one attached hydrogen (secondary N) is 2. The maximum Gasteiger partial charge on any atom is 0.325 e. The van der Waals surface area contributed by atoms with Crippen LogP contribution in [0.3, 0.4) is 0 Å². The number of carbonyl (C=O) groups is 3. The highest BCUT2D eigenvalue weighted by atomic mass is 32.1. The van der Waals surface area contributed by atoms with E-state index < -0.39 is 23.4 Å². The third-order valence-corrected chi connectivity index (χ3v) is 6.89. The predicted molar refractivity (Wildman–Crippen MR) is 126 cm³/mol. The molecule has 4 heterocycles. The van der Waals surface area contributed by atoms with Gasteiger partial charge in [-0.15, -0.1) is 11.3 Å². The van der Waals surface area contributed by atoms with Gasteiger partial charge in [-0.2, -0.15) is 0 Å². The van der Waals surface area contributed by atoms with Gasteiger partial charge in [0.05, 0.1) is 12.3 Å². The first-order chi connectivity index (χ1) is 16.5. The molecule has 2 N–H and O–H groups in total. The third-order valence-electron chi connectivity index (χ3n) is 6.12. The number of rotatable bonds is 4. The first kappa shape index (κ1) is 20.4. The van der Waals surface area contributed by atoms with Crippen LogP contribution in [0.5, 0.6) is 5.75 Å². The van der Waals surface area contributed by atoms with Crippen molar-refractivity contribution in [2.45, 2.75) is 12.0 Å². The molecular weight excluding hydrogens is 454 g/mol. The average Bonchev–Trinajstić information content (AvgIpc) is 3.50. The van der Waals surface area contributed by atoms with Crippen LogP contribution in [0.4, 0.5) is 10.5 Å². The number of hydrogen-bond donors (Lipinski definition) is 2. The number of thiazole rings is 1. The Bertz CT molecular complexity index is 1410. The van der Waals surface area contributed by atoms with Gasteiger partial charge in [0.2, 0.25) is 5.91 Å². The average molecular weight is 474 g/mol. The molecule has 170 valence electrons. The molecule has 2 aliphatic heterocycles. The second-order valence-electron chi connectivity index (χ2n) is 8.17. The standard InChI is InChI=1S/C24H19N5O4S/c30-20(25-16-7-5-15(6-8-16)18-13-28-10-12-34-23(28)26-18)14-29-21(31)24(27-22(29)32)9-11-33-19-4-2-1-3-17(19)24/h1-8,10,12-13H,9,11,14H2,(H,25,30)(H,27,32). The van der Waals surface area contributed by atoms with Crippen molar-refractivity contribution in [2.24, 2.45) is 0 Å². The molecule has 34 heavy (non-hydrogen) atoms. The van der Waals surface area contributed by atoms with Crippen LogP contribution in [0.25, 0.3) is 16.2 Å². The number of benzene rings is 2. The van der Waals surface area contributed by atoms with Crippen LogP contribution in [-0.4, -0.2) is 45.3 Å². The van der Waals surface area contributed by atoms with Gasteiger partial charge in [-0.25, -0.2) is 9.78 Å². The number of hydrogen-bond acceptors (Lipinski definition) is 6. The minimum atomic E-state index is -1.20. The lowest BCUT2D eigenvalue weighted by atomic mass is 9.84. The Morgan fingerprint density at radius 1 is 1.18 bits per heavy atom. The van der Waals surface area contributed by atoms with Crippen molar-refractivity contribution >= 4 is 39.8 Å². The van der Waals surface area contributed by atoms with E-state index in [0.717, 1.165) is 21.1 Å². The van der Waals surface area contributed by atoms with E-state index in [1.807, 2.05) is 40.4 Å². The summed E-state index contributed by atoms with van der Waals surface area (Å²) < 4.78 is 7.59. The summed E-state index contributed by atoms with van der Waals surface area (Å²) in [6.07, 6.45) is 4.20. The summed E-state index contributed by atoms with van der Waals surface area (Å²) in [7, 11) is 0. The van der Waals surface area contributed by atoms with E-state index >= 15 is 0 Å². The summed E-state index contributed by atoms with van der Waals surface area (Å²) >= 11 is 1.56. The van der Waals surface area contributed by atoms with Gasteiger partial charge in [-0.1, -0.05) is 30.3 Å². The van der Waals surface area contributed by atoms with Crippen LogP contribution in [0.2, 0.25) is 0 Å². The molecule has 0 radical (unpaired) electrons. The first-order valence-electron chi connectivity index (χ1n) is 10.7. The molecule has 4 aromatic rings. The number of nitrogens with zero attached hydrogens (tertiary/aromatic N) is 3. The molecule has 0 aliphatic carbocycles. The van der Waals surface area contributed by atoms with Crippen LogP contribution in [0.1, 0.15) is 12.0 Å².